The number of rotatable bonds is 7. The van der Waals surface area contributed by atoms with Crippen LogP contribution in [0.3, 0.4) is 0 Å². The second kappa shape index (κ2) is 10.2. The number of methoxy groups -OCH3 is 1. The van der Waals surface area contributed by atoms with Gasteiger partial charge in [-0.05, 0) is 50.5 Å². The second-order valence-electron chi connectivity index (χ2n) is 6.13. The lowest BCUT2D eigenvalue weighted by Crippen LogP contribution is -2.34. The quantitative estimate of drug-likeness (QED) is 0.467. The van der Waals surface area contributed by atoms with E-state index >= 15 is 0 Å². The molecule has 1 amide bonds. The Morgan fingerprint density at radius 3 is 2.58 bits per heavy atom. The molecule has 0 unspecified atom stereocenters. The summed E-state index contributed by atoms with van der Waals surface area (Å²) in [6.07, 6.45) is 1.74. The second-order valence-corrected chi connectivity index (χ2v) is 6.13. The maximum atomic E-state index is 12.4. The van der Waals surface area contributed by atoms with Gasteiger partial charge in [0, 0.05) is 12.1 Å². The molecule has 0 atom stereocenters. The summed E-state index contributed by atoms with van der Waals surface area (Å²) >= 11 is 0. The van der Waals surface area contributed by atoms with Crippen molar-refractivity contribution < 1.29 is 14.3 Å². The van der Waals surface area contributed by atoms with Gasteiger partial charge in [0.05, 0.1) is 13.2 Å². The molecular formula is C21H26N2O3. The molecule has 0 bridgehead atoms. The van der Waals surface area contributed by atoms with Crippen LogP contribution in [0.5, 0.6) is 5.75 Å². The van der Waals surface area contributed by atoms with Crippen molar-refractivity contribution in [3.8, 4) is 5.75 Å². The number of benzene rings is 2. The summed E-state index contributed by atoms with van der Waals surface area (Å²) < 4.78 is 10.8. The van der Waals surface area contributed by atoms with E-state index < -0.39 is 0 Å². The fourth-order valence-electron chi connectivity index (χ4n) is 2.37. The number of carbonyl (C=O) groups is 1. The van der Waals surface area contributed by atoms with E-state index in [1.165, 1.54) is 5.56 Å². The number of aliphatic imine (C=N–C) groups is 1. The van der Waals surface area contributed by atoms with Crippen LogP contribution in [0.1, 0.15) is 36.2 Å². The predicted molar refractivity (Wildman–Crippen MR) is 104 cm³/mol. The van der Waals surface area contributed by atoms with E-state index in [9.17, 15) is 4.79 Å². The summed E-state index contributed by atoms with van der Waals surface area (Å²) in [7, 11) is 1.57. The number of aryl methyl sites for hydroxylation is 1. The molecule has 138 valence electrons. The molecule has 1 N–H and O–H groups in total. The third kappa shape index (κ3) is 6.59. The van der Waals surface area contributed by atoms with Crippen molar-refractivity contribution in [2.75, 3.05) is 13.7 Å². The zero-order chi connectivity index (χ0) is 18.8. The maximum Gasteiger partial charge on any atom is 0.291 e. The summed E-state index contributed by atoms with van der Waals surface area (Å²) in [6.45, 7) is 4.38. The Labute approximate surface area is 155 Å². The van der Waals surface area contributed by atoms with E-state index in [0.29, 0.717) is 17.9 Å². The van der Waals surface area contributed by atoms with Gasteiger partial charge in [0.15, 0.2) is 0 Å². The number of nitrogens with zero attached hydrogens (tertiary/aromatic N) is 1. The van der Waals surface area contributed by atoms with Gasteiger partial charge in [0.2, 0.25) is 0 Å². The first-order chi connectivity index (χ1) is 12.6. The molecular weight excluding hydrogens is 328 g/mol. The Morgan fingerprint density at radius 2 is 1.88 bits per heavy atom. The number of nitrogens with one attached hydrogen (secondary N) is 1. The van der Waals surface area contributed by atoms with Gasteiger partial charge in [0.1, 0.15) is 5.75 Å². The Morgan fingerprint density at radius 1 is 1.12 bits per heavy atom. The lowest BCUT2D eigenvalue weighted by molar-refractivity contribution is 0.0959. The largest absolute Gasteiger partial charge is 0.497 e. The standard InChI is InChI=1S/C21H26N2O3/c1-16(2)26-21(22-14-8-11-17-9-5-4-6-10-17)23-20(24)18-12-7-13-19(15-18)25-3/h4-7,9-10,12-13,15-16H,8,11,14H2,1-3H3,(H,22,23,24). The molecule has 5 nitrogen and oxygen atoms in total. The average molecular weight is 354 g/mol. The monoisotopic (exact) mass is 354 g/mol. The third-order valence-corrected chi connectivity index (χ3v) is 3.62. The molecule has 0 aliphatic carbocycles. The molecule has 0 fully saturated rings. The fraction of sp³-hybridized carbons (Fsp3) is 0.333. The van der Waals surface area contributed by atoms with Crippen molar-refractivity contribution in [2.24, 2.45) is 4.99 Å². The molecule has 26 heavy (non-hydrogen) atoms. The van der Waals surface area contributed by atoms with Crippen molar-refractivity contribution >= 4 is 11.9 Å². The van der Waals surface area contributed by atoms with Crippen LogP contribution in [-0.2, 0) is 11.2 Å². The summed E-state index contributed by atoms with van der Waals surface area (Å²) in [5.41, 5.74) is 1.77. The van der Waals surface area contributed by atoms with Crippen molar-refractivity contribution in [1.29, 1.82) is 0 Å². The molecule has 0 saturated heterocycles. The third-order valence-electron chi connectivity index (χ3n) is 3.62. The molecule has 0 aromatic heterocycles. The van der Waals surface area contributed by atoms with Crippen LogP contribution in [0.2, 0.25) is 0 Å². The minimum Gasteiger partial charge on any atom is -0.497 e. The molecule has 0 heterocycles. The molecule has 0 spiro atoms. The van der Waals surface area contributed by atoms with Crippen LogP contribution in [-0.4, -0.2) is 31.7 Å². The first-order valence-electron chi connectivity index (χ1n) is 8.79. The molecule has 2 aromatic carbocycles. The van der Waals surface area contributed by atoms with Gasteiger partial charge in [-0.15, -0.1) is 0 Å². The molecule has 0 aliphatic rings. The van der Waals surface area contributed by atoms with Crippen LogP contribution in [0.15, 0.2) is 59.6 Å². The summed E-state index contributed by atoms with van der Waals surface area (Å²) in [6, 6.07) is 17.5. The number of hydrogen-bond acceptors (Lipinski definition) is 4. The average Bonchev–Trinajstić information content (AvgIpc) is 2.65. The van der Waals surface area contributed by atoms with Gasteiger partial charge >= 0.3 is 0 Å². The van der Waals surface area contributed by atoms with Gasteiger partial charge in [-0.25, -0.2) is 4.99 Å². The van der Waals surface area contributed by atoms with E-state index in [2.05, 4.69) is 22.4 Å². The lowest BCUT2D eigenvalue weighted by Gasteiger charge is -2.14. The van der Waals surface area contributed by atoms with Gasteiger partial charge < -0.3 is 9.47 Å². The highest BCUT2D eigenvalue weighted by molar-refractivity contribution is 6.04. The Hall–Kier alpha value is -2.82. The molecule has 2 aromatic rings. The first kappa shape index (κ1) is 19.5. The first-order valence-corrected chi connectivity index (χ1v) is 8.79. The fourth-order valence-corrected chi connectivity index (χ4v) is 2.37. The normalized spacial score (nSPS) is 11.3. The molecule has 5 heteroatoms. The summed E-state index contributed by atoms with van der Waals surface area (Å²) in [5, 5.41) is 2.75. The number of carbonyl (C=O) groups excluding carboxylic acids is 1. The zero-order valence-electron chi connectivity index (χ0n) is 15.6. The minimum atomic E-state index is -0.272. The smallest absolute Gasteiger partial charge is 0.291 e. The number of amidine groups is 1. The van der Waals surface area contributed by atoms with Crippen molar-refractivity contribution in [3.05, 3.63) is 65.7 Å². The highest BCUT2D eigenvalue weighted by atomic mass is 16.5. The molecule has 2 rings (SSSR count). The van der Waals surface area contributed by atoms with E-state index in [4.69, 9.17) is 9.47 Å². The highest BCUT2D eigenvalue weighted by Crippen LogP contribution is 2.12. The van der Waals surface area contributed by atoms with Crippen molar-refractivity contribution in [3.63, 3.8) is 0 Å². The topological polar surface area (TPSA) is 59.9 Å². The summed E-state index contributed by atoms with van der Waals surface area (Å²) in [5.74, 6) is 0.357. The highest BCUT2D eigenvalue weighted by Gasteiger charge is 2.12. The summed E-state index contributed by atoms with van der Waals surface area (Å²) in [4.78, 5) is 16.8. The minimum absolute atomic E-state index is 0.0755. The van der Waals surface area contributed by atoms with Crippen LogP contribution >= 0.6 is 0 Å². The van der Waals surface area contributed by atoms with Crippen LogP contribution < -0.4 is 10.1 Å². The van der Waals surface area contributed by atoms with E-state index in [-0.39, 0.29) is 18.0 Å². The molecule has 0 saturated carbocycles. The van der Waals surface area contributed by atoms with Crippen LogP contribution in [0.25, 0.3) is 0 Å². The molecule has 0 aliphatic heterocycles. The van der Waals surface area contributed by atoms with Crippen molar-refractivity contribution in [2.45, 2.75) is 32.8 Å². The SMILES string of the molecule is COc1cccc(C(=O)NC(=NCCCc2ccccc2)OC(C)C)c1. The Balaban J connectivity index is 1.95. The predicted octanol–water partition coefficient (Wildman–Crippen LogP) is 3.84. The van der Waals surface area contributed by atoms with Crippen molar-refractivity contribution in [1.82, 2.24) is 5.32 Å². The molecule has 0 radical (unpaired) electrons. The number of amides is 1. The maximum absolute atomic E-state index is 12.4. The van der Waals surface area contributed by atoms with Crippen LogP contribution in [0.4, 0.5) is 0 Å². The van der Waals surface area contributed by atoms with Gasteiger partial charge in [-0.1, -0.05) is 36.4 Å². The van der Waals surface area contributed by atoms with Gasteiger partial charge in [-0.3, -0.25) is 10.1 Å². The Kier molecular flexibility index (Phi) is 7.68. The lowest BCUT2D eigenvalue weighted by atomic mass is 10.1. The van der Waals surface area contributed by atoms with Gasteiger partial charge in [-0.2, -0.15) is 0 Å². The number of ether oxygens (including phenoxy) is 2. The number of hydrogen-bond donors (Lipinski definition) is 1. The Bertz CT molecular complexity index is 727. The van der Waals surface area contributed by atoms with E-state index in [1.54, 1.807) is 31.4 Å². The zero-order valence-corrected chi connectivity index (χ0v) is 15.6. The van der Waals surface area contributed by atoms with Gasteiger partial charge in [0.25, 0.3) is 11.9 Å². The van der Waals surface area contributed by atoms with E-state index in [1.807, 2.05) is 32.0 Å². The van der Waals surface area contributed by atoms with Crippen LogP contribution in [0, 0.1) is 0 Å². The van der Waals surface area contributed by atoms with E-state index in [0.717, 1.165) is 12.8 Å².